The largest absolute Gasteiger partial charge is 0.495 e. The SMILES string of the molecule is COc1ccc(C(=O)CCSC)c(OC)c1Br. The molecule has 0 spiro atoms. The van der Waals surface area contributed by atoms with Crippen molar-refractivity contribution in [1.29, 1.82) is 0 Å². The Bertz CT molecular complexity index is 407. The van der Waals surface area contributed by atoms with E-state index in [0.29, 0.717) is 28.0 Å². The van der Waals surface area contributed by atoms with Gasteiger partial charge in [0.25, 0.3) is 0 Å². The van der Waals surface area contributed by atoms with Crippen molar-refractivity contribution in [3.8, 4) is 11.5 Å². The van der Waals surface area contributed by atoms with Crippen molar-refractivity contribution >= 4 is 33.5 Å². The van der Waals surface area contributed by atoms with Crippen molar-refractivity contribution in [1.82, 2.24) is 0 Å². The summed E-state index contributed by atoms with van der Waals surface area (Å²) >= 11 is 5.03. The molecule has 0 atom stereocenters. The predicted octanol–water partition coefficient (Wildman–Crippen LogP) is 3.40. The second-order valence-electron chi connectivity index (χ2n) is 3.33. The molecule has 5 heteroatoms. The maximum atomic E-state index is 12.0. The highest BCUT2D eigenvalue weighted by molar-refractivity contribution is 9.10. The number of hydrogen-bond donors (Lipinski definition) is 0. The van der Waals surface area contributed by atoms with Crippen LogP contribution in [0.2, 0.25) is 0 Å². The lowest BCUT2D eigenvalue weighted by Crippen LogP contribution is -2.04. The first kappa shape index (κ1) is 14.4. The van der Waals surface area contributed by atoms with E-state index in [1.54, 1.807) is 38.1 Å². The van der Waals surface area contributed by atoms with Crippen LogP contribution in [0.15, 0.2) is 16.6 Å². The van der Waals surface area contributed by atoms with Crippen LogP contribution in [-0.4, -0.2) is 32.0 Å². The third-order valence-electron chi connectivity index (χ3n) is 2.32. The molecule has 0 saturated heterocycles. The van der Waals surface area contributed by atoms with Crippen LogP contribution >= 0.6 is 27.7 Å². The Morgan fingerprint density at radius 3 is 2.59 bits per heavy atom. The van der Waals surface area contributed by atoms with E-state index in [9.17, 15) is 4.79 Å². The average molecular weight is 319 g/mol. The van der Waals surface area contributed by atoms with Gasteiger partial charge in [0.2, 0.25) is 0 Å². The van der Waals surface area contributed by atoms with E-state index in [2.05, 4.69) is 15.9 Å². The third kappa shape index (κ3) is 3.39. The van der Waals surface area contributed by atoms with Crippen molar-refractivity contribution in [2.45, 2.75) is 6.42 Å². The molecular weight excluding hydrogens is 304 g/mol. The van der Waals surface area contributed by atoms with E-state index in [-0.39, 0.29) is 5.78 Å². The predicted molar refractivity (Wildman–Crippen MR) is 74.6 cm³/mol. The summed E-state index contributed by atoms with van der Waals surface area (Å²) < 4.78 is 11.1. The summed E-state index contributed by atoms with van der Waals surface area (Å²) in [6.07, 6.45) is 2.49. The Balaban J connectivity index is 3.07. The highest BCUT2D eigenvalue weighted by atomic mass is 79.9. The van der Waals surface area contributed by atoms with Gasteiger partial charge in [-0.3, -0.25) is 4.79 Å². The second kappa shape index (κ2) is 6.91. The molecule has 94 valence electrons. The zero-order chi connectivity index (χ0) is 12.8. The molecule has 17 heavy (non-hydrogen) atoms. The van der Waals surface area contributed by atoms with Gasteiger partial charge in [-0.15, -0.1) is 0 Å². The van der Waals surface area contributed by atoms with Gasteiger partial charge in [-0.05, 0) is 34.3 Å². The van der Waals surface area contributed by atoms with E-state index in [1.807, 2.05) is 6.26 Å². The lowest BCUT2D eigenvalue weighted by atomic mass is 10.1. The average Bonchev–Trinajstić information content (AvgIpc) is 2.35. The molecule has 3 nitrogen and oxygen atoms in total. The first-order valence-corrected chi connectivity index (χ1v) is 7.27. The van der Waals surface area contributed by atoms with E-state index in [4.69, 9.17) is 9.47 Å². The molecule has 0 amide bonds. The lowest BCUT2D eigenvalue weighted by molar-refractivity contribution is 0.0986. The zero-order valence-corrected chi connectivity index (χ0v) is 12.5. The minimum Gasteiger partial charge on any atom is -0.495 e. The fourth-order valence-corrected chi connectivity index (χ4v) is 2.50. The minimum absolute atomic E-state index is 0.0829. The van der Waals surface area contributed by atoms with Crippen molar-refractivity contribution in [2.75, 3.05) is 26.2 Å². The summed E-state index contributed by atoms with van der Waals surface area (Å²) in [6.45, 7) is 0. The summed E-state index contributed by atoms with van der Waals surface area (Å²) in [5.74, 6) is 2.09. The van der Waals surface area contributed by atoms with Gasteiger partial charge in [0, 0.05) is 12.2 Å². The highest BCUT2D eigenvalue weighted by Crippen LogP contribution is 2.37. The number of ketones is 1. The van der Waals surface area contributed by atoms with Crippen LogP contribution in [0.4, 0.5) is 0 Å². The molecule has 1 aromatic carbocycles. The van der Waals surface area contributed by atoms with Gasteiger partial charge >= 0.3 is 0 Å². The molecule has 1 rings (SSSR count). The van der Waals surface area contributed by atoms with E-state index < -0.39 is 0 Å². The standard InChI is InChI=1S/C12H15BrO3S/c1-15-10-5-4-8(9(14)6-7-17-3)12(16-2)11(10)13/h4-5H,6-7H2,1-3H3. The molecule has 0 saturated carbocycles. The summed E-state index contributed by atoms with van der Waals surface area (Å²) in [7, 11) is 3.12. The van der Waals surface area contributed by atoms with Crippen molar-refractivity contribution in [3.05, 3.63) is 22.2 Å². The molecule has 0 bridgehead atoms. The number of carbonyl (C=O) groups is 1. The summed E-state index contributed by atoms with van der Waals surface area (Å²) in [5, 5.41) is 0. The van der Waals surface area contributed by atoms with Gasteiger partial charge < -0.3 is 9.47 Å². The second-order valence-corrected chi connectivity index (χ2v) is 5.11. The van der Waals surface area contributed by atoms with E-state index in [1.165, 1.54) is 0 Å². The number of carbonyl (C=O) groups excluding carboxylic acids is 1. The monoisotopic (exact) mass is 318 g/mol. The van der Waals surface area contributed by atoms with Crippen LogP contribution < -0.4 is 9.47 Å². The van der Waals surface area contributed by atoms with E-state index >= 15 is 0 Å². The van der Waals surface area contributed by atoms with Gasteiger partial charge in [0.1, 0.15) is 16.0 Å². The van der Waals surface area contributed by atoms with Crippen LogP contribution in [0.5, 0.6) is 11.5 Å². The third-order valence-corrected chi connectivity index (χ3v) is 3.68. The normalized spacial score (nSPS) is 10.1. The minimum atomic E-state index is 0.0829. The Hall–Kier alpha value is -0.680. The number of thioether (sulfide) groups is 1. The van der Waals surface area contributed by atoms with Gasteiger partial charge in [0.15, 0.2) is 5.78 Å². The van der Waals surface area contributed by atoms with Crippen LogP contribution in [0, 0.1) is 0 Å². The Morgan fingerprint density at radius 1 is 1.35 bits per heavy atom. The van der Waals surface area contributed by atoms with Gasteiger partial charge in [-0.25, -0.2) is 0 Å². The molecule has 0 N–H and O–H groups in total. The zero-order valence-electron chi connectivity index (χ0n) is 10.1. The topological polar surface area (TPSA) is 35.5 Å². The molecular formula is C12H15BrO3S. The molecule has 1 aromatic rings. The van der Waals surface area contributed by atoms with Crippen molar-refractivity contribution < 1.29 is 14.3 Å². The molecule has 0 unspecified atom stereocenters. The van der Waals surface area contributed by atoms with Gasteiger partial charge in [-0.1, -0.05) is 0 Å². The first-order chi connectivity index (χ1) is 8.15. The van der Waals surface area contributed by atoms with Gasteiger partial charge in [-0.2, -0.15) is 11.8 Å². The van der Waals surface area contributed by atoms with Crippen molar-refractivity contribution in [3.63, 3.8) is 0 Å². The number of rotatable bonds is 6. The van der Waals surface area contributed by atoms with Crippen LogP contribution in [0.1, 0.15) is 16.8 Å². The van der Waals surface area contributed by atoms with Gasteiger partial charge in [0.05, 0.1) is 19.8 Å². The fraction of sp³-hybridized carbons (Fsp3) is 0.417. The smallest absolute Gasteiger partial charge is 0.167 e. The number of ether oxygens (including phenoxy) is 2. The maximum absolute atomic E-state index is 12.0. The van der Waals surface area contributed by atoms with Crippen LogP contribution in [0.25, 0.3) is 0 Å². The molecule has 0 radical (unpaired) electrons. The quantitative estimate of drug-likeness (QED) is 0.753. The molecule has 0 heterocycles. The highest BCUT2D eigenvalue weighted by Gasteiger charge is 2.17. The number of methoxy groups -OCH3 is 2. The maximum Gasteiger partial charge on any atom is 0.167 e. The Morgan fingerprint density at radius 2 is 2.06 bits per heavy atom. The Kier molecular flexibility index (Phi) is 5.85. The summed E-state index contributed by atoms with van der Waals surface area (Å²) in [4.78, 5) is 12.0. The fourth-order valence-electron chi connectivity index (χ4n) is 1.44. The summed E-state index contributed by atoms with van der Waals surface area (Å²) in [5.41, 5.74) is 0.592. The number of hydrogen-bond acceptors (Lipinski definition) is 4. The molecule has 0 aromatic heterocycles. The van der Waals surface area contributed by atoms with Crippen molar-refractivity contribution in [2.24, 2.45) is 0 Å². The van der Waals surface area contributed by atoms with Crippen LogP contribution in [-0.2, 0) is 0 Å². The molecule has 0 aliphatic rings. The lowest BCUT2D eigenvalue weighted by Gasteiger charge is -2.12. The molecule has 0 aliphatic carbocycles. The first-order valence-electron chi connectivity index (χ1n) is 5.08. The summed E-state index contributed by atoms with van der Waals surface area (Å²) in [6, 6.07) is 3.50. The number of halogens is 1. The molecule has 0 fully saturated rings. The Labute approximate surface area is 114 Å². The number of Topliss-reactive ketones (excluding diaryl/α,β-unsaturated/α-hetero) is 1. The van der Waals surface area contributed by atoms with Crippen LogP contribution in [0.3, 0.4) is 0 Å². The van der Waals surface area contributed by atoms with E-state index in [0.717, 1.165) is 5.75 Å². The number of benzene rings is 1. The molecule has 0 aliphatic heterocycles.